The first-order chi connectivity index (χ1) is 9.19. The van der Waals surface area contributed by atoms with Crippen molar-refractivity contribution in [3.8, 4) is 11.8 Å². The normalized spacial score (nSPS) is 14.9. The second-order valence-electron chi connectivity index (χ2n) is 4.34. The van der Waals surface area contributed by atoms with Crippen LogP contribution in [0.2, 0.25) is 0 Å². The number of piperidine rings is 1. The average Bonchev–Trinajstić information content (AvgIpc) is 2.46. The van der Waals surface area contributed by atoms with Crippen LogP contribution in [0.3, 0.4) is 0 Å². The third kappa shape index (κ3) is 3.55. The van der Waals surface area contributed by atoms with E-state index in [2.05, 4.69) is 0 Å². The fraction of sp³-hybridized carbons (Fsp3) is 0.357. The summed E-state index contributed by atoms with van der Waals surface area (Å²) in [4.78, 5) is 24.6. The largest absolute Gasteiger partial charge is 0.484 e. The number of ether oxygens (including phenoxy) is 1. The van der Waals surface area contributed by atoms with Gasteiger partial charge in [-0.25, -0.2) is 0 Å². The molecule has 0 radical (unpaired) electrons. The van der Waals surface area contributed by atoms with Gasteiger partial charge in [0, 0.05) is 25.9 Å². The van der Waals surface area contributed by atoms with Gasteiger partial charge < -0.3 is 9.64 Å². The number of nitrogens with zero attached hydrogens (tertiary/aromatic N) is 2. The number of carbonyl (C=O) groups is 2. The van der Waals surface area contributed by atoms with Crippen LogP contribution in [0.5, 0.6) is 5.75 Å². The predicted octanol–water partition coefficient (Wildman–Crippen LogP) is 1.13. The molecule has 1 heterocycles. The third-order valence-corrected chi connectivity index (χ3v) is 3.02. The van der Waals surface area contributed by atoms with Crippen molar-refractivity contribution in [2.75, 3.05) is 19.7 Å². The molecule has 0 bridgehead atoms. The van der Waals surface area contributed by atoms with Crippen molar-refractivity contribution >= 4 is 11.7 Å². The number of hydrogen-bond donors (Lipinski definition) is 0. The highest BCUT2D eigenvalue weighted by Gasteiger charge is 2.20. The monoisotopic (exact) mass is 258 g/mol. The Balaban J connectivity index is 1.83. The van der Waals surface area contributed by atoms with Gasteiger partial charge in [-0.1, -0.05) is 0 Å². The number of hydrogen-bond acceptors (Lipinski definition) is 4. The smallest absolute Gasteiger partial charge is 0.260 e. The van der Waals surface area contributed by atoms with Crippen molar-refractivity contribution in [3.05, 3.63) is 29.8 Å². The summed E-state index contributed by atoms with van der Waals surface area (Å²) >= 11 is 0. The van der Waals surface area contributed by atoms with Crippen molar-refractivity contribution < 1.29 is 14.3 Å². The van der Waals surface area contributed by atoms with Gasteiger partial charge in [0.05, 0.1) is 11.6 Å². The van der Waals surface area contributed by atoms with Gasteiger partial charge >= 0.3 is 0 Å². The first-order valence-corrected chi connectivity index (χ1v) is 6.11. The molecule has 1 aliphatic rings. The second-order valence-corrected chi connectivity index (χ2v) is 4.34. The Bertz CT molecular complexity index is 506. The molecule has 0 saturated carbocycles. The molecule has 2 rings (SSSR count). The van der Waals surface area contributed by atoms with E-state index in [-0.39, 0.29) is 18.3 Å². The summed E-state index contributed by atoms with van der Waals surface area (Å²) < 4.78 is 5.36. The van der Waals surface area contributed by atoms with Gasteiger partial charge in [0.1, 0.15) is 11.5 Å². The summed E-state index contributed by atoms with van der Waals surface area (Å²) in [5.74, 6) is 0.648. The highest BCUT2D eigenvalue weighted by atomic mass is 16.5. The van der Waals surface area contributed by atoms with Gasteiger partial charge in [-0.2, -0.15) is 5.26 Å². The van der Waals surface area contributed by atoms with Crippen LogP contribution < -0.4 is 4.74 Å². The minimum absolute atomic E-state index is 0.0416. The molecular formula is C14H14N2O3. The van der Waals surface area contributed by atoms with E-state index in [1.165, 1.54) is 0 Å². The van der Waals surface area contributed by atoms with Crippen molar-refractivity contribution in [3.63, 3.8) is 0 Å². The molecule has 1 aromatic carbocycles. The molecule has 1 aliphatic heterocycles. The number of Topliss-reactive ketones (excluding diaryl/α,β-unsaturated/α-hetero) is 1. The number of benzene rings is 1. The van der Waals surface area contributed by atoms with Crippen molar-refractivity contribution in [2.24, 2.45) is 0 Å². The van der Waals surface area contributed by atoms with Crippen LogP contribution in [-0.4, -0.2) is 36.3 Å². The van der Waals surface area contributed by atoms with Gasteiger partial charge in [-0.3, -0.25) is 9.59 Å². The van der Waals surface area contributed by atoms with E-state index in [4.69, 9.17) is 10.00 Å². The topological polar surface area (TPSA) is 70.4 Å². The van der Waals surface area contributed by atoms with Crippen LogP contribution in [0.1, 0.15) is 18.4 Å². The Morgan fingerprint density at radius 1 is 1.26 bits per heavy atom. The minimum atomic E-state index is -0.114. The molecule has 1 saturated heterocycles. The molecule has 1 aromatic rings. The van der Waals surface area contributed by atoms with Crippen molar-refractivity contribution in [1.82, 2.24) is 4.90 Å². The first-order valence-electron chi connectivity index (χ1n) is 6.11. The molecule has 0 unspecified atom stereocenters. The maximum atomic E-state index is 11.8. The van der Waals surface area contributed by atoms with Crippen LogP contribution in [-0.2, 0) is 9.59 Å². The predicted molar refractivity (Wildman–Crippen MR) is 67.5 cm³/mol. The summed E-state index contributed by atoms with van der Waals surface area (Å²) in [7, 11) is 0. The van der Waals surface area contributed by atoms with E-state index in [1.807, 2.05) is 6.07 Å². The van der Waals surface area contributed by atoms with Crippen LogP contribution in [0, 0.1) is 11.3 Å². The third-order valence-electron chi connectivity index (χ3n) is 3.02. The summed E-state index contributed by atoms with van der Waals surface area (Å²) in [6.45, 7) is 0.920. The van der Waals surface area contributed by atoms with E-state index in [9.17, 15) is 9.59 Å². The molecule has 5 heteroatoms. The molecule has 19 heavy (non-hydrogen) atoms. The summed E-state index contributed by atoms with van der Waals surface area (Å²) in [6.07, 6.45) is 0.866. The van der Waals surface area contributed by atoms with Gasteiger partial charge in [-0.15, -0.1) is 0 Å². The van der Waals surface area contributed by atoms with Crippen molar-refractivity contribution in [1.29, 1.82) is 5.26 Å². The number of carbonyl (C=O) groups excluding carboxylic acids is 2. The van der Waals surface area contributed by atoms with Gasteiger partial charge in [0.25, 0.3) is 5.91 Å². The lowest BCUT2D eigenvalue weighted by atomic mass is 10.1. The Morgan fingerprint density at radius 3 is 2.47 bits per heavy atom. The number of rotatable bonds is 3. The maximum Gasteiger partial charge on any atom is 0.260 e. The lowest BCUT2D eigenvalue weighted by Gasteiger charge is -2.25. The molecule has 0 atom stereocenters. The lowest BCUT2D eigenvalue weighted by Crippen LogP contribution is -2.41. The van der Waals surface area contributed by atoms with Gasteiger partial charge in [0.15, 0.2) is 6.61 Å². The van der Waals surface area contributed by atoms with E-state index in [1.54, 1.807) is 29.2 Å². The molecule has 5 nitrogen and oxygen atoms in total. The average molecular weight is 258 g/mol. The summed E-state index contributed by atoms with van der Waals surface area (Å²) in [5.41, 5.74) is 0.549. The quantitative estimate of drug-likeness (QED) is 0.814. The fourth-order valence-electron chi connectivity index (χ4n) is 1.87. The Hall–Kier alpha value is -2.35. The Morgan fingerprint density at radius 2 is 1.89 bits per heavy atom. The number of amides is 1. The molecule has 98 valence electrons. The zero-order chi connectivity index (χ0) is 13.7. The highest BCUT2D eigenvalue weighted by Crippen LogP contribution is 2.12. The van der Waals surface area contributed by atoms with E-state index in [0.717, 1.165) is 0 Å². The molecule has 0 N–H and O–H groups in total. The van der Waals surface area contributed by atoms with Gasteiger partial charge in [0.2, 0.25) is 0 Å². The Kier molecular flexibility index (Phi) is 4.14. The number of ketones is 1. The zero-order valence-corrected chi connectivity index (χ0v) is 10.5. The van der Waals surface area contributed by atoms with Gasteiger partial charge in [-0.05, 0) is 24.3 Å². The lowest BCUT2D eigenvalue weighted by molar-refractivity contribution is -0.136. The minimum Gasteiger partial charge on any atom is -0.484 e. The van der Waals surface area contributed by atoms with Crippen molar-refractivity contribution in [2.45, 2.75) is 12.8 Å². The van der Waals surface area contributed by atoms with E-state index < -0.39 is 0 Å². The van der Waals surface area contributed by atoms with Crippen LogP contribution in [0.15, 0.2) is 24.3 Å². The molecule has 1 fully saturated rings. The first kappa shape index (κ1) is 13.1. The fourth-order valence-corrected chi connectivity index (χ4v) is 1.87. The molecule has 0 aliphatic carbocycles. The molecule has 0 aromatic heterocycles. The summed E-state index contributed by atoms with van der Waals surface area (Å²) in [6, 6.07) is 8.61. The maximum absolute atomic E-state index is 11.8. The molecule has 1 amide bonds. The summed E-state index contributed by atoms with van der Waals surface area (Å²) in [5, 5.41) is 8.66. The molecular weight excluding hydrogens is 244 g/mol. The second kappa shape index (κ2) is 6.01. The van der Waals surface area contributed by atoms with Crippen LogP contribution in [0.25, 0.3) is 0 Å². The zero-order valence-electron chi connectivity index (χ0n) is 10.5. The van der Waals surface area contributed by atoms with Crippen LogP contribution in [0.4, 0.5) is 0 Å². The number of nitriles is 1. The highest BCUT2D eigenvalue weighted by molar-refractivity contribution is 5.83. The Labute approximate surface area is 111 Å². The number of likely N-dealkylation sites (tertiary alicyclic amines) is 1. The van der Waals surface area contributed by atoms with Crippen LogP contribution >= 0.6 is 0 Å². The SMILES string of the molecule is N#Cc1ccc(OCC(=O)N2CCC(=O)CC2)cc1. The molecule has 0 spiro atoms. The van der Waals surface area contributed by atoms with E-state index >= 15 is 0 Å². The standard InChI is InChI=1S/C14H14N2O3/c15-9-11-1-3-13(4-2-11)19-10-14(18)16-7-5-12(17)6-8-16/h1-4H,5-8,10H2. The van der Waals surface area contributed by atoms with E-state index in [0.29, 0.717) is 37.2 Å².